The van der Waals surface area contributed by atoms with Gasteiger partial charge < -0.3 is 5.11 Å². The summed E-state index contributed by atoms with van der Waals surface area (Å²) in [5.41, 5.74) is 0. The van der Waals surface area contributed by atoms with E-state index in [9.17, 15) is 0 Å². The zero-order valence-corrected chi connectivity index (χ0v) is 7.06. The lowest BCUT2D eigenvalue weighted by molar-refractivity contribution is 0.311. The maximum Gasteiger partial charge on any atom is 0.0881 e. The van der Waals surface area contributed by atoms with Crippen molar-refractivity contribution < 1.29 is 5.11 Å². The molecule has 1 atom stereocenters. The number of aliphatic hydroxyl groups excluding tert-OH is 1. The molecule has 0 heterocycles. The second-order valence-electron chi connectivity index (χ2n) is 2.74. The van der Waals surface area contributed by atoms with Gasteiger partial charge in [0.2, 0.25) is 0 Å². The summed E-state index contributed by atoms with van der Waals surface area (Å²) < 4.78 is 0. The first kappa shape index (κ1) is 9.54. The topological polar surface area (TPSA) is 20.2 Å². The van der Waals surface area contributed by atoms with Gasteiger partial charge in [-0.1, -0.05) is 33.3 Å². The summed E-state index contributed by atoms with van der Waals surface area (Å²) in [4.78, 5) is 0. The molecule has 0 saturated heterocycles. The van der Waals surface area contributed by atoms with Crippen LogP contribution in [0.2, 0.25) is 0 Å². The molecule has 0 radical (unpaired) electrons. The van der Waals surface area contributed by atoms with E-state index in [1.54, 1.807) is 0 Å². The molecule has 10 heavy (non-hydrogen) atoms. The minimum Gasteiger partial charge on any atom is -0.513 e. The second-order valence-corrected chi connectivity index (χ2v) is 2.74. The van der Waals surface area contributed by atoms with E-state index in [4.69, 9.17) is 5.11 Å². The lowest BCUT2D eigenvalue weighted by atomic mass is 9.98. The fourth-order valence-electron chi connectivity index (χ4n) is 1.06. The van der Waals surface area contributed by atoms with Crippen molar-refractivity contribution >= 4 is 0 Å². The highest BCUT2D eigenvalue weighted by molar-refractivity contribution is 4.87. The van der Waals surface area contributed by atoms with Gasteiger partial charge in [0.15, 0.2) is 0 Å². The van der Waals surface area contributed by atoms with Crippen molar-refractivity contribution in [3.8, 4) is 0 Å². The molecule has 0 aliphatic rings. The van der Waals surface area contributed by atoms with Gasteiger partial charge in [0.1, 0.15) is 0 Å². The summed E-state index contributed by atoms with van der Waals surface area (Å²) in [5.74, 6) is 0.691. The Morgan fingerprint density at radius 2 is 2.10 bits per heavy atom. The Morgan fingerprint density at radius 3 is 2.40 bits per heavy atom. The molecule has 0 unspecified atom stereocenters. The van der Waals surface area contributed by atoms with Crippen LogP contribution in [0.15, 0.2) is 12.3 Å². The predicted molar refractivity (Wildman–Crippen MR) is 45.1 cm³/mol. The molecule has 0 amide bonds. The molecule has 0 fully saturated rings. The van der Waals surface area contributed by atoms with Crippen LogP contribution in [0, 0.1) is 5.92 Å². The van der Waals surface area contributed by atoms with E-state index in [2.05, 4.69) is 20.4 Å². The van der Waals surface area contributed by atoms with Gasteiger partial charge >= 0.3 is 0 Å². The molecular formula is C9H18O. The highest BCUT2D eigenvalue weighted by atomic mass is 16.3. The number of rotatable bonds is 5. The van der Waals surface area contributed by atoms with Crippen molar-refractivity contribution in [1.29, 1.82) is 0 Å². The number of hydrogen-bond donors (Lipinski definition) is 1. The van der Waals surface area contributed by atoms with Crippen LogP contribution in [0.3, 0.4) is 0 Å². The van der Waals surface area contributed by atoms with Gasteiger partial charge in [0, 0.05) is 5.92 Å². The van der Waals surface area contributed by atoms with E-state index < -0.39 is 0 Å². The molecule has 0 bridgehead atoms. The van der Waals surface area contributed by atoms with Crippen LogP contribution >= 0.6 is 0 Å². The third-order valence-corrected chi connectivity index (χ3v) is 1.87. The van der Waals surface area contributed by atoms with Crippen LogP contribution in [-0.2, 0) is 0 Å². The smallest absolute Gasteiger partial charge is 0.0881 e. The summed E-state index contributed by atoms with van der Waals surface area (Å²) in [6, 6.07) is 0. The Hall–Kier alpha value is -0.460. The van der Waals surface area contributed by atoms with Crippen LogP contribution in [0.5, 0.6) is 0 Å². The lowest BCUT2D eigenvalue weighted by Gasteiger charge is -2.11. The van der Waals surface area contributed by atoms with Crippen molar-refractivity contribution in [2.75, 3.05) is 0 Å². The van der Waals surface area contributed by atoms with Gasteiger partial charge in [-0.3, -0.25) is 0 Å². The average molecular weight is 142 g/mol. The maximum absolute atomic E-state index is 9.04. The average Bonchev–Trinajstić information content (AvgIpc) is 1.89. The third-order valence-electron chi connectivity index (χ3n) is 1.87. The summed E-state index contributed by atoms with van der Waals surface area (Å²) in [6.45, 7) is 7.78. The first-order chi connectivity index (χ1) is 4.72. The highest BCUT2D eigenvalue weighted by Crippen LogP contribution is 2.17. The number of allylic oxidation sites excluding steroid dienone is 1. The standard InChI is InChI=1S/C9H18O/c1-4-6-7-9(5-2)8(3)10/h9-10H,3-7H2,1-2H3/t9-/m0/s1. The number of unbranched alkanes of at least 4 members (excludes halogenated alkanes) is 1. The van der Waals surface area contributed by atoms with E-state index in [0.717, 1.165) is 12.8 Å². The van der Waals surface area contributed by atoms with Gasteiger partial charge in [-0.25, -0.2) is 0 Å². The largest absolute Gasteiger partial charge is 0.513 e. The summed E-state index contributed by atoms with van der Waals surface area (Å²) >= 11 is 0. The molecule has 0 aliphatic heterocycles. The second kappa shape index (κ2) is 5.33. The van der Waals surface area contributed by atoms with Crippen LogP contribution in [-0.4, -0.2) is 5.11 Å². The van der Waals surface area contributed by atoms with Crippen molar-refractivity contribution in [1.82, 2.24) is 0 Å². The van der Waals surface area contributed by atoms with Crippen LogP contribution in [0.1, 0.15) is 39.5 Å². The quantitative estimate of drug-likeness (QED) is 0.584. The zero-order chi connectivity index (χ0) is 7.98. The van der Waals surface area contributed by atoms with Gasteiger partial charge in [0.25, 0.3) is 0 Å². The summed E-state index contributed by atoms with van der Waals surface area (Å²) in [7, 11) is 0. The van der Waals surface area contributed by atoms with E-state index in [-0.39, 0.29) is 0 Å². The van der Waals surface area contributed by atoms with Gasteiger partial charge in [-0.05, 0) is 12.8 Å². The zero-order valence-electron chi connectivity index (χ0n) is 7.06. The molecule has 0 rings (SSSR count). The molecule has 1 N–H and O–H groups in total. The number of hydrogen-bond acceptors (Lipinski definition) is 1. The molecule has 1 nitrogen and oxygen atoms in total. The minimum atomic E-state index is 0.333. The molecule has 60 valence electrons. The Balaban J connectivity index is 3.50. The Kier molecular flexibility index (Phi) is 5.09. The third kappa shape index (κ3) is 3.54. The Bertz CT molecular complexity index is 96.9. The van der Waals surface area contributed by atoms with Crippen molar-refractivity contribution in [3.63, 3.8) is 0 Å². The van der Waals surface area contributed by atoms with Gasteiger partial charge in [0.05, 0.1) is 5.76 Å². The van der Waals surface area contributed by atoms with Crippen molar-refractivity contribution in [2.45, 2.75) is 39.5 Å². The molecule has 1 heteroatoms. The van der Waals surface area contributed by atoms with Gasteiger partial charge in [-0.2, -0.15) is 0 Å². The lowest BCUT2D eigenvalue weighted by Crippen LogP contribution is -2.00. The van der Waals surface area contributed by atoms with E-state index in [1.165, 1.54) is 12.8 Å². The molecule has 0 spiro atoms. The van der Waals surface area contributed by atoms with Crippen molar-refractivity contribution in [2.24, 2.45) is 5.92 Å². The Labute approximate surface area is 63.8 Å². The molecule has 0 aromatic carbocycles. The monoisotopic (exact) mass is 142 g/mol. The van der Waals surface area contributed by atoms with Crippen molar-refractivity contribution in [3.05, 3.63) is 12.3 Å². The van der Waals surface area contributed by atoms with Crippen LogP contribution < -0.4 is 0 Å². The normalized spacial score (nSPS) is 13.0. The van der Waals surface area contributed by atoms with E-state index >= 15 is 0 Å². The molecule has 0 aromatic heterocycles. The van der Waals surface area contributed by atoms with Crippen LogP contribution in [0.25, 0.3) is 0 Å². The first-order valence-electron chi connectivity index (χ1n) is 4.10. The predicted octanol–water partition coefficient (Wildman–Crippen LogP) is 3.27. The van der Waals surface area contributed by atoms with E-state index in [0.29, 0.717) is 11.7 Å². The fraction of sp³-hybridized carbons (Fsp3) is 0.778. The van der Waals surface area contributed by atoms with Gasteiger partial charge in [-0.15, -0.1) is 0 Å². The first-order valence-corrected chi connectivity index (χ1v) is 4.10. The number of aliphatic hydroxyl groups is 1. The Morgan fingerprint density at radius 1 is 1.50 bits per heavy atom. The summed E-state index contributed by atoms with van der Waals surface area (Å²) in [5, 5.41) is 9.04. The highest BCUT2D eigenvalue weighted by Gasteiger charge is 2.07. The van der Waals surface area contributed by atoms with E-state index in [1.807, 2.05) is 0 Å². The van der Waals surface area contributed by atoms with Crippen LogP contribution in [0.4, 0.5) is 0 Å². The molecule has 0 aromatic rings. The fourth-order valence-corrected chi connectivity index (χ4v) is 1.06. The summed E-state index contributed by atoms with van der Waals surface area (Å²) in [6.07, 6.45) is 4.49. The SMILES string of the molecule is C=C(O)[C@@H](CC)CCCC. The maximum atomic E-state index is 9.04. The molecule has 0 aliphatic carbocycles. The molecular weight excluding hydrogens is 124 g/mol. The molecule has 0 saturated carbocycles. The minimum absolute atomic E-state index is 0.333.